The molecule has 0 saturated carbocycles. The molecule has 174 valence electrons. The molecular formula is C24H25F3N4OS. The predicted molar refractivity (Wildman–Crippen MR) is 123 cm³/mol. The highest BCUT2D eigenvalue weighted by Crippen LogP contribution is 2.30. The van der Waals surface area contributed by atoms with Gasteiger partial charge in [-0.05, 0) is 43.9 Å². The van der Waals surface area contributed by atoms with E-state index in [4.69, 9.17) is 0 Å². The maximum absolute atomic E-state index is 12.7. The molecule has 1 fully saturated rings. The largest absolute Gasteiger partial charge is 0.417 e. The van der Waals surface area contributed by atoms with Crippen molar-refractivity contribution in [3.05, 3.63) is 64.1 Å². The van der Waals surface area contributed by atoms with Gasteiger partial charge in [-0.1, -0.05) is 24.3 Å². The lowest BCUT2D eigenvalue weighted by atomic mass is 9.95. The van der Waals surface area contributed by atoms with Crippen molar-refractivity contribution in [3.8, 4) is 11.3 Å². The molecule has 1 aliphatic rings. The second kappa shape index (κ2) is 9.91. The van der Waals surface area contributed by atoms with E-state index >= 15 is 0 Å². The van der Waals surface area contributed by atoms with Gasteiger partial charge in [-0.3, -0.25) is 4.79 Å². The number of amides is 1. The Hall–Kier alpha value is -2.94. The highest BCUT2D eigenvalue weighted by molar-refractivity contribution is 7.09. The molecular weight excluding hydrogens is 449 g/mol. The minimum absolute atomic E-state index is 0.0320. The molecule has 4 rings (SSSR count). The first-order valence-electron chi connectivity index (χ1n) is 10.9. The molecule has 2 aromatic heterocycles. The van der Waals surface area contributed by atoms with Crippen LogP contribution in [0.3, 0.4) is 0 Å². The highest BCUT2D eigenvalue weighted by Gasteiger charge is 2.31. The van der Waals surface area contributed by atoms with E-state index in [9.17, 15) is 18.0 Å². The van der Waals surface area contributed by atoms with Gasteiger partial charge in [-0.15, -0.1) is 11.3 Å². The van der Waals surface area contributed by atoms with Gasteiger partial charge in [-0.2, -0.15) is 13.2 Å². The second-order valence-electron chi connectivity index (χ2n) is 8.15. The molecule has 1 amide bonds. The number of hydrogen-bond acceptors (Lipinski definition) is 5. The number of pyridine rings is 1. The number of thiazole rings is 1. The summed E-state index contributed by atoms with van der Waals surface area (Å²) < 4.78 is 38.1. The smallest absolute Gasteiger partial charge is 0.357 e. The summed E-state index contributed by atoms with van der Waals surface area (Å²) in [5, 5.41) is 6.11. The number of rotatable bonds is 6. The molecule has 1 aromatic carbocycles. The van der Waals surface area contributed by atoms with E-state index < -0.39 is 11.7 Å². The van der Waals surface area contributed by atoms with E-state index in [1.807, 2.05) is 17.2 Å². The van der Waals surface area contributed by atoms with Crippen molar-refractivity contribution in [2.75, 3.05) is 24.5 Å². The molecule has 0 spiro atoms. The Morgan fingerprint density at radius 2 is 1.88 bits per heavy atom. The second-order valence-corrected chi connectivity index (χ2v) is 9.22. The van der Waals surface area contributed by atoms with E-state index in [0.29, 0.717) is 38.3 Å². The summed E-state index contributed by atoms with van der Waals surface area (Å²) in [7, 11) is 0. The van der Waals surface area contributed by atoms with Crippen molar-refractivity contribution >= 4 is 23.1 Å². The number of nitrogens with one attached hydrogen (secondary N) is 1. The Labute approximate surface area is 194 Å². The summed E-state index contributed by atoms with van der Waals surface area (Å²) >= 11 is 1.63. The molecule has 0 aliphatic carbocycles. The molecule has 0 atom stereocenters. The number of anilines is 1. The molecule has 1 saturated heterocycles. The van der Waals surface area contributed by atoms with Gasteiger partial charge >= 0.3 is 6.18 Å². The zero-order chi connectivity index (χ0) is 23.4. The topological polar surface area (TPSA) is 58.1 Å². The Kier molecular flexibility index (Phi) is 6.97. The third-order valence-electron chi connectivity index (χ3n) is 5.85. The number of carbonyl (C=O) groups excluding carboxylic acids is 1. The summed E-state index contributed by atoms with van der Waals surface area (Å²) in [6, 6.07) is 10.7. The van der Waals surface area contributed by atoms with Gasteiger partial charge in [-0.25, -0.2) is 9.97 Å². The van der Waals surface area contributed by atoms with Gasteiger partial charge in [0, 0.05) is 42.7 Å². The van der Waals surface area contributed by atoms with Crippen molar-refractivity contribution in [2.45, 2.75) is 32.4 Å². The molecule has 1 N–H and O–H groups in total. The normalized spacial score (nSPS) is 15.0. The lowest BCUT2D eigenvalue weighted by Crippen LogP contribution is -2.41. The summed E-state index contributed by atoms with van der Waals surface area (Å²) in [6.07, 6.45) is -1.49. The Balaban J connectivity index is 1.21. The fourth-order valence-electron chi connectivity index (χ4n) is 3.92. The van der Waals surface area contributed by atoms with Crippen molar-refractivity contribution in [1.82, 2.24) is 15.3 Å². The summed E-state index contributed by atoms with van der Waals surface area (Å²) in [6.45, 7) is 3.73. The van der Waals surface area contributed by atoms with Crippen LogP contribution in [0.15, 0.2) is 48.0 Å². The highest BCUT2D eigenvalue weighted by atomic mass is 32.1. The Morgan fingerprint density at radius 1 is 1.15 bits per heavy atom. The number of alkyl halides is 3. The molecule has 0 unspecified atom stereocenters. The van der Waals surface area contributed by atoms with E-state index in [-0.39, 0.29) is 11.8 Å². The van der Waals surface area contributed by atoms with Crippen LogP contribution in [0.2, 0.25) is 0 Å². The Morgan fingerprint density at radius 3 is 2.45 bits per heavy atom. The van der Waals surface area contributed by atoms with Gasteiger partial charge < -0.3 is 10.2 Å². The van der Waals surface area contributed by atoms with Crippen molar-refractivity contribution in [2.24, 2.45) is 5.92 Å². The number of piperidine rings is 1. The van der Waals surface area contributed by atoms with E-state index in [2.05, 4.69) is 39.6 Å². The SMILES string of the molecule is Cc1nc(-c2ccc(CCNC(=O)C3CCN(c4ccc(C(F)(F)F)cn4)CC3)cc2)cs1. The van der Waals surface area contributed by atoms with Crippen LogP contribution in [0.25, 0.3) is 11.3 Å². The number of nitrogens with zero attached hydrogens (tertiary/aromatic N) is 3. The van der Waals surface area contributed by atoms with Gasteiger partial charge in [0.25, 0.3) is 0 Å². The Bertz CT molecular complexity index is 1070. The lowest BCUT2D eigenvalue weighted by molar-refractivity contribution is -0.137. The van der Waals surface area contributed by atoms with Crippen LogP contribution in [-0.2, 0) is 17.4 Å². The van der Waals surface area contributed by atoms with E-state index in [1.54, 1.807) is 11.3 Å². The molecule has 3 heterocycles. The van der Waals surface area contributed by atoms with Gasteiger partial charge in [0.1, 0.15) is 5.82 Å². The minimum Gasteiger partial charge on any atom is -0.357 e. The molecule has 1 aliphatic heterocycles. The average Bonchev–Trinajstić information content (AvgIpc) is 3.25. The van der Waals surface area contributed by atoms with Crippen molar-refractivity contribution in [3.63, 3.8) is 0 Å². The van der Waals surface area contributed by atoms with Crippen LogP contribution in [0.5, 0.6) is 0 Å². The standard InChI is InChI=1S/C24H25F3N4OS/c1-16-30-21(15-33-16)18-4-2-17(3-5-18)8-11-28-23(32)19-9-12-31(13-10-19)22-7-6-20(14-29-22)24(25,26)27/h2-7,14-15,19H,8-13H2,1H3,(H,28,32). The van der Waals surface area contributed by atoms with Crippen LogP contribution >= 0.6 is 11.3 Å². The molecule has 33 heavy (non-hydrogen) atoms. The summed E-state index contributed by atoms with van der Waals surface area (Å²) in [5.41, 5.74) is 2.46. The van der Waals surface area contributed by atoms with Gasteiger partial charge in [0.2, 0.25) is 5.91 Å². The fraction of sp³-hybridized carbons (Fsp3) is 0.375. The zero-order valence-corrected chi connectivity index (χ0v) is 19.0. The first-order valence-corrected chi connectivity index (χ1v) is 11.7. The van der Waals surface area contributed by atoms with Crippen LogP contribution in [0.4, 0.5) is 19.0 Å². The number of aromatic nitrogens is 2. The number of halogens is 3. The number of aryl methyl sites for hydroxylation is 1. The molecule has 9 heteroatoms. The third-order valence-corrected chi connectivity index (χ3v) is 6.62. The van der Waals surface area contributed by atoms with Crippen LogP contribution in [0, 0.1) is 12.8 Å². The van der Waals surface area contributed by atoms with Gasteiger partial charge in [0.15, 0.2) is 0 Å². The maximum atomic E-state index is 12.7. The number of carbonyl (C=O) groups is 1. The number of benzene rings is 1. The lowest BCUT2D eigenvalue weighted by Gasteiger charge is -2.32. The summed E-state index contributed by atoms with van der Waals surface area (Å²) in [4.78, 5) is 22.9. The summed E-state index contributed by atoms with van der Waals surface area (Å²) in [5.74, 6) is 0.452. The molecule has 0 radical (unpaired) electrons. The molecule has 0 bridgehead atoms. The van der Waals surface area contributed by atoms with Gasteiger partial charge in [0.05, 0.1) is 16.3 Å². The van der Waals surface area contributed by atoms with Crippen LogP contribution in [-0.4, -0.2) is 35.5 Å². The first-order chi connectivity index (χ1) is 15.8. The van der Waals surface area contributed by atoms with E-state index in [1.165, 1.54) is 6.07 Å². The maximum Gasteiger partial charge on any atom is 0.417 e. The first kappa shape index (κ1) is 23.2. The third kappa shape index (κ3) is 5.90. The van der Waals surface area contributed by atoms with Crippen molar-refractivity contribution in [1.29, 1.82) is 0 Å². The fourth-order valence-corrected chi connectivity index (χ4v) is 4.55. The zero-order valence-electron chi connectivity index (χ0n) is 18.2. The quantitative estimate of drug-likeness (QED) is 0.540. The monoisotopic (exact) mass is 474 g/mol. The average molecular weight is 475 g/mol. The van der Waals surface area contributed by atoms with Crippen LogP contribution < -0.4 is 10.2 Å². The van der Waals surface area contributed by atoms with Crippen LogP contribution in [0.1, 0.15) is 29.0 Å². The molecule has 3 aromatic rings. The van der Waals surface area contributed by atoms with E-state index in [0.717, 1.165) is 40.5 Å². The minimum atomic E-state index is -4.39. The molecule has 5 nitrogen and oxygen atoms in total. The predicted octanol–water partition coefficient (Wildman–Crippen LogP) is 5.11. The number of hydrogen-bond donors (Lipinski definition) is 1. The van der Waals surface area contributed by atoms with Crippen molar-refractivity contribution < 1.29 is 18.0 Å².